The Labute approximate surface area is 352 Å². The molecule has 0 unspecified atom stereocenters. The molecule has 0 aliphatic heterocycles. The number of anilines is 6. The van der Waals surface area contributed by atoms with Gasteiger partial charge in [-0.05, 0) is 65.4 Å². The molecule has 0 aliphatic rings. The second-order valence-corrected chi connectivity index (χ2v) is 16.3. The summed E-state index contributed by atoms with van der Waals surface area (Å²) >= 11 is 1.60. The Morgan fingerprint density at radius 2 is 0.902 bits per heavy atom. The van der Waals surface area contributed by atoms with Crippen molar-refractivity contribution in [3.8, 4) is 0 Å². The van der Waals surface area contributed by atoms with E-state index in [0.717, 1.165) is 114 Å². The number of nitrogens with zero attached hydrogens (tertiary/aromatic N) is 5. The van der Waals surface area contributed by atoms with E-state index < -0.39 is 0 Å². The summed E-state index contributed by atoms with van der Waals surface area (Å²) in [5.74, 6) is 0.697. The van der Waals surface area contributed by atoms with E-state index >= 15 is 0 Å². The lowest BCUT2D eigenvalue weighted by atomic mass is 10.1. The van der Waals surface area contributed by atoms with Gasteiger partial charge in [-0.3, -0.25) is 9.88 Å². The topological polar surface area (TPSA) is 71.4 Å². The van der Waals surface area contributed by atoms with Crippen LogP contribution in [0.3, 0.4) is 0 Å². The smallest absolute Gasteiger partial charge is 0.157 e. The van der Waals surface area contributed by atoms with Crippen molar-refractivity contribution < 1.29 is 8.83 Å². The Balaban J connectivity index is 0.981. The van der Waals surface area contributed by atoms with Crippen LogP contribution in [0, 0.1) is 0 Å². The van der Waals surface area contributed by atoms with E-state index in [-0.39, 0.29) is 0 Å². The van der Waals surface area contributed by atoms with Gasteiger partial charge in [0.1, 0.15) is 38.2 Å². The van der Waals surface area contributed by atoms with E-state index in [1.54, 1.807) is 11.3 Å². The molecule has 8 heteroatoms. The van der Waals surface area contributed by atoms with Crippen molar-refractivity contribution in [1.82, 2.24) is 15.0 Å². The van der Waals surface area contributed by atoms with E-state index in [1.807, 2.05) is 42.7 Å². The van der Waals surface area contributed by atoms with Crippen molar-refractivity contribution in [2.24, 2.45) is 0 Å². The van der Waals surface area contributed by atoms with Crippen LogP contribution in [0.2, 0.25) is 0 Å². The van der Waals surface area contributed by atoms with Crippen LogP contribution in [0.1, 0.15) is 0 Å². The van der Waals surface area contributed by atoms with Gasteiger partial charge in [0.25, 0.3) is 0 Å². The van der Waals surface area contributed by atoms with Gasteiger partial charge in [0, 0.05) is 50.1 Å². The summed E-state index contributed by atoms with van der Waals surface area (Å²) in [6, 6.07) is 61.1. The molecule has 0 spiro atoms. The molecular weight excluding hydrogens is 771 g/mol. The first-order chi connectivity index (χ1) is 30.2. The van der Waals surface area contributed by atoms with Crippen LogP contribution in [-0.4, -0.2) is 15.0 Å². The fraction of sp³-hybridized carbons (Fsp3) is 0. The molecule has 13 rings (SSSR count). The van der Waals surface area contributed by atoms with E-state index in [9.17, 15) is 0 Å². The molecule has 61 heavy (non-hydrogen) atoms. The van der Waals surface area contributed by atoms with Crippen LogP contribution in [0.25, 0.3) is 86.0 Å². The van der Waals surface area contributed by atoms with Gasteiger partial charge < -0.3 is 13.7 Å². The predicted molar refractivity (Wildman–Crippen MR) is 252 cm³/mol. The van der Waals surface area contributed by atoms with Gasteiger partial charge in [-0.15, -0.1) is 11.3 Å². The fourth-order valence-electron chi connectivity index (χ4n) is 8.96. The van der Waals surface area contributed by atoms with Crippen LogP contribution in [0.5, 0.6) is 0 Å². The third-order valence-electron chi connectivity index (χ3n) is 11.7. The van der Waals surface area contributed by atoms with Gasteiger partial charge in [-0.2, -0.15) is 0 Å². The van der Waals surface area contributed by atoms with Gasteiger partial charge in [0.2, 0.25) is 0 Å². The van der Waals surface area contributed by atoms with Crippen LogP contribution in [-0.2, 0) is 0 Å². The molecule has 0 N–H and O–H groups in total. The van der Waals surface area contributed by atoms with Crippen molar-refractivity contribution in [2.45, 2.75) is 0 Å². The molecule has 0 fully saturated rings. The summed E-state index contributed by atoms with van der Waals surface area (Å²) in [6.07, 6.45) is 3.80. The quantitative estimate of drug-likeness (QED) is 0.166. The maximum atomic E-state index is 6.40. The molecule has 5 heterocycles. The number of furan rings is 2. The molecule has 7 nitrogen and oxygen atoms in total. The van der Waals surface area contributed by atoms with Crippen LogP contribution in [0.15, 0.2) is 197 Å². The van der Waals surface area contributed by atoms with Gasteiger partial charge in [0.05, 0.1) is 39.8 Å². The highest BCUT2D eigenvalue weighted by molar-refractivity contribution is 7.25. The first kappa shape index (κ1) is 33.9. The summed E-state index contributed by atoms with van der Waals surface area (Å²) < 4.78 is 13.8. The number of benzene rings is 8. The van der Waals surface area contributed by atoms with E-state index in [1.165, 1.54) is 0 Å². The third kappa shape index (κ3) is 5.32. The lowest BCUT2D eigenvalue weighted by Gasteiger charge is -2.26. The summed E-state index contributed by atoms with van der Waals surface area (Å²) in [7, 11) is 0. The highest BCUT2D eigenvalue weighted by atomic mass is 32.1. The number of pyridine rings is 1. The largest absolute Gasteiger partial charge is 0.456 e. The van der Waals surface area contributed by atoms with E-state index in [4.69, 9.17) is 23.8 Å². The van der Waals surface area contributed by atoms with Crippen LogP contribution in [0.4, 0.5) is 34.3 Å². The number of rotatable bonds is 6. The minimum Gasteiger partial charge on any atom is -0.456 e. The Morgan fingerprint density at radius 1 is 0.393 bits per heavy atom. The zero-order chi connectivity index (χ0) is 40.0. The molecule has 5 aromatic heterocycles. The number of hydrogen-bond acceptors (Lipinski definition) is 8. The molecule has 0 radical (unpaired) electrons. The molecule has 8 aromatic carbocycles. The zero-order valence-electron chi connectivity index (χ0n) is 32.4. The Morgan fingerprint density at radius 3 is 1.54 bits per heavy atom. The summed E-state index contributed by atoms with van der Waals surface area (Å²) in [4.78, 5) is 20.8. The molecule has 0 saturated carbocycles. The molecule has 0 aliphatic carbocycles. The maximum absolute atomic E-state index is 6.40. The minimum atomic E-state index is 0.697. The van der Waals surface area contributed by atoms with Crippen molar-refractivity contribution in [3.05, 3.63) is 188 Å². The SMILES string of the molecule is c1ccc2c(N(c3ccc4c(c3)oc3ccccc34)c3cnc4c(c3)sc3nc(N(c5ccc6c(c5)oc5ccccc56)c5cccc6ccccc56)cnc34)cccc2c1. The fourth-order valence-corrected chi connectivity index (χ4v) is 9.98. The monoisotopic (exact) mass is 801 g/mol. The maximum Gasteiger partial charge on any atom is 0.157 e. The zero-order valence-corrected chi connectivity index (χ0v) is 33.2. The number of fused-ring (bicyclic) bond motifs is 11. The highest BCUT2D eigenvalue weighted by Gasteiger charge is 2.23. The van der Waals surface area contributed by atoms with E-state index in [2.05, 4.69) is 155 Å². The Hall–Kier alpha value is -8.07. The van der Waals surface area contributed by atoms with E-state index in [0.29, 0.717) is 5.82 Å². The average molecular weight is 802 g/mol. The third-order valence-corrected chi connectivity index (χ3v) is 12.7. The van der Waals surface area contributed by atoms with Crippen molar-refractivity contribution in [2.75, 3.05) is 9.80 Å². The molecule has 0 atom stereocenters. The lowest BCUT2D eigenvalue weighted by molar-refractivity contribution is 0.668. The van der Waals surface area contributed by atoms with Crippen LogP contribution >= 0.6 is 11.3 Å². The van der Waals surface area contributed by atoms with Gasteiger partial charge in [-0.25, -0.2) is 9.97 Å². The summed E-state index contributed by atoms with van der Waals surface area (Å²) in [6.45, 7) is 0. The number of thiophene rings is 1. The summed E-state index contributed by atoms with van der Waals surface area (Å²) in [5, 5.41) is 8.87. The first-order valence-corrected chi connectivity index (χ1v) is 21.0. The molecule has 0 amide bonds. The lowest BCUT2D eigenvalue weighted by Crippen LogP contribution is -2.12. The molecule has 286 valence electrons. The molecule has 0 bridgehead atoms. The first-order valence-electron chi connectivity index (χ1n) is 20.2. The van der Waals surface area contributed by atoms with Gasteiger partial charge in [0.15, 0.2) is 5.82 Å². The molecule has 0 saturated heterocycles. The molecular formula is C53H31N5O2S. The van der Waals surface area contributed by atoms with Gasteiger partial charge >= 0.3 is 0 Å². The second kappa shape index (κ2) is 13.2. The normalized spacial score (nSPS) is 11.9. The molecule has 13 aromatic rings. The predicted octanol–water partition coefficient (Wildman–Crippen LogP) is 15.3. The summed E-state index contributed by atoms with van der Waals surface area (Å²) in [5.41, 5.74) is 9.80. The number of aromatic nitrogens is 3. The second-order valence-electron chi connectivity index (χ2n) is 15.2. The van der Waals surface area contributed by atoms with Crippen molar-refractivity contribution >= 4 is 132 Å². The number of hydrogen-bond donors (Lipinski definition) is 0. The van der Waals surface area contributed by atoms with Crippen molar-refractivity contribution in [3.63, 3.8) is 0 Å². The Kier molecular flexibility index (Phi) is 7.34. The average Bonchev–Trinajstić information content (AvgIpc) is 3.99. The highest BCUT2D eigenvalue weighted by Crippen LogP contribution is 2.45. The standard InChI is InChI=1S/C53H31N5O2S/c1-3-15-37-32(11-1)13-9-19-43(37)57(34-23-25-41-39-17-5-7-21-45(39)59-47(41)27-34)36-29-49-51(54-30-36)52-53(61-49)56-50(31-55-52)58(44-20-10-14-33-12-2-4-16-38(33)44)35-24-26-42-40-18-6-8-22-46(40)60-48(42)28-35/h1-31H. The van der Waals surface area contributed by atoms with Crippen molar-refractivity contribution in [1.29, 1.82) is 0 Å². The number of para-hydroxylation sites is 2. The minimum absolute atomic E-state index is 0.697. The van der Waals surface area contributed by atoms with Crippen LogP contribution < -0.4 is 9.80 Å². The van der Waals surface area contributed by atoms with Gasteiger partial charge in [-0.1, -0.05) is 109 Å². The Bertz CT molecular complexity index is 3620.